The summed E-state index contributed by atoms with van der Waals surface area (Å²) in [5.41, 5.74) is 1.26. The molecule has 3 heterocycles. The summed E-state index contributed by atoms with van der Waals surface area (Å²) >= 11 is 6.44. The Morgan fingerprint density at radius 3 is 2.83 bits per heavy atom. The van der Waals surface area contributed by atoms with Crippen LogP contribution in [0.1, 0.15) is 28.9 Å². The quantitative estimate of drug-likeness (QED) is 0.422. The number of fused-ring (bicyclic) bond motifs is 1. The summed E-state index contributed by atoms with van der Waals surface area (Å²) < 4.78 is 12.5. The molecule has 5 rings (SSSR count). The van der Waals surface area contributed by atoms with Crippen LogP contribution >= 0.6 is 11.6 Å². The molecule has 1 saturated heterocycles. The Balaban J connectivity index is 1.40. The predicted octanol–water partition coefficient (Wildman–Crippen LogP) is 3.57. The number of ether oxygens (including phenoxy) is 2. The number of carbonyl (C=O) groups excluding carboxylic acids is 1. The molecule has 0 spiro atoms. The van der Waals surface area contributed by atoms with Gasteiger partial charge in [-0.15, -0.1) is 5.10 Å². The lowest BCUT2D eigenvalue weighted by molar-refractivity contribution is 0.0626. The van der Waals surface area contributed by atoms with Crippen LogP contribution in [0.5, 0.6) is 5.75 Å². The number of H-pyrrole nitrogens is 1. The Labute approximate surface area is 206 Å². The molecule has 1 aliphatic heterocycles. The number of aromatic amines is 1. The molecule has 1 fully saturated rings. The topological polar surface area (TPSA) is 102 Å². The van der Waals surface area contributed by atoms with Gasteiger partial charge in [-0.25, -0.2) is 0 Å². The predicted molar refractivity (Wildman–Crippen MR) is 131 cm³/mol. The van der Waals surface area contributed by atoms with Crippen LogP contribution in [-0.2, 0) is 11.3 Å². The van der Waals surface area contributed by atoms with E-state index in [1.165, 1.54) is 10.6 Å². The highest BCUT2D eigenvalue weighted by Gasteiger charge is 2.32. The number of rotatable bonds is 7. The van der Waals surface area contributed by atoms with E-state index in [1.807, 2.05) is 30.3 Å². The van der Waals surface area contributed by atoms with Crippen molar-refractivity contribution in [1.82, 2.24) is 24.5 Å². The maximum absolute atomic E-state index is 13.4. The van der Waals surface area contributed by atoms with E-state index in [1.54, 1.807) is 30.2 Å². The van der Waals surface area contributed by atoms with Gasteiger partial charge in [0.05, 0.1) is 23.4 Å². The molecule has 1 atom stereocenters. The molecule has 10 heteroatoms. The van der Waals surface area contributed by atoms with Gasteiger partial charge in [-0.1, -0.05) is 48.0 Å². The molecule has 35 heavy (non-hydrogen) atoms. The van der Waals surface area contributed by atoms with Gasteiger partial charge >= 0.3 is 0 Å². The largest absolute Gasteiger partial charge is 0.486 e. The normalized spacial score (nSPS) is 15.6. The lowest BCUT2D eigenvalue weighted by Crippen LogP contribution is -2.38. The minimum atomic E-state index is -0.339. The number of aromatic nitrogens is 4. The highest BCUT2D eigenvalue weighted by molar-refractivity contribution is 6.34. The summed E-state index contributed by atoms with van der Waals surface area (Å²) in [6.45, 7) is 1.12. The van der Waals surface area contributed by atoms with Gasteiger partial charge in [0.15, 0.2) is 5.82 Å². The van der Waals surface area contributed by atoms with Crippen molar-refractivity contribution in [2.75, 3.05) is 20.3 Å². The molecule has 1 aliphatic rings. The summed E-state index contributed by atoms with van der Waals surface area (Å²) in [6.07, 6.45) is 1.79. The number of halogens is 1. The molecular formula is C25H24ClN5O4. The zero-order valence-corrected chi connectivity index (χ0v) is 19.9. The number of nitrogens with one attached hydrogen (secondary N) is 1. The van der Waals surface area contributed by atoms with Gasteiger partial charge in [-0.2, -0.15) is 9.50 Å². The zero-order chi connectivity index (χ0) is 24.4. The highest BCUT2D eigenvalue weighted by Crippen LogP contribution is 2.31. The number of nitrogens with zero attached hydrogens (tertiary/aromatic N) is 4. The molecule has 0 aliphatic carbocycles. The van der Waals surface area contributed by atoms with Crippen molar-refractivity contribution in [2.24, 2.45) is 0 Å². The fourth-order valence-corrected chi connectivity index (χ4v) is 4.57. The maximum Gasteiger partial charge on any atom is 0.276 e. The molecule has 0 saturated carbocycles. The van der Waals surface area contributed by atoms with Crippen LogP contribution in [0.4, 0.5) is 0 Å². The minimum Gasteiger partial charge on any atom is -0.486 e. The molecule has 9 nitrogen and oxygen atoms in total. The van der Waals surface area contributed by atoms with Crippen LogP contribution in [0.2, 0.25) is 5.02 Å². The van der Waals surface area contributed by atoms with Crippen molar-refractivity contribution in [2.45, 2.75) is 25.5 Å². The van der Waals surface area contributed by atoms with Crippen LogP contribution in [0.3, 0.4) is 0 Å². The van der Waals surface area contributed by atoms with Crippen LogP contribution in [0.15, 0.2) is 59.4 Å². The molecule has 1 amide bonds. The Morgan fingerprint density at radius 2 is 2.03 bits per heavy atom. The Kier molecular flexibility index (Phi) is 6.52. The van der Waals surface area contributed by atoms with E-state index in [9.17, 15) is 9.59 Å². The van der Waals surface area contributed by atoms with E-state index in [0.29, 0.717) is 46.8 Å². The second-order valence-corrected chi connectivity index (χ2v) is 8.73. The van der Waals surface area contributed by atoms with E-state index in [0.717, 1.165) is 18.4 Å². The third-order valence-electron chi connectivity index (χ3n) is 5.99. The van der Waals surface area contributed by atoms with E-state index >= 15 is 0 Å². The molecule has 0 radical (unpaired) electrons. The maximum atomic E-state index is 13.4. The summed E-state index contributed by atoms with van der Waals surface area (Å²) in [6, 6.07) is 15.9. The van der Waals surface area contributed by atoms with Gasteiger partial charge < -0.3 is 19.4 Å². The first-order valence-corrected chi connectivity index (χ1v) is 11.7. The number of methoxy groups -OCH3 is 1. The highest BCUT2D eigenvalue weighted by atomic mass is 35.5. The van der Waals surface area contributed by atoms with Crippen LogP contribution in [-0.4, -0.2) is 56.7 Å². The van der Waals surface area contributed by atoms with E-state index in [4.69, 9.17) is 21.1 Å². The molecule has 4 aromatic rings. The summed E-state index contributed by atoms with van der Waals surface area (Å²) in [5.74, 6) is 0.893. The second kappa shape index (κ2) is 9.89. The van der Waals surface area contributed by atoms with Crippen molar-refractivity contribution in [1.29, 1.82) is 0 Å². The molecule has 2 aromatic carbocycles. The third kappa shape index (κ3) is 4.65. The van der Waals surface area contributed by atoms with Gasteiger partial charge in [0.2, 0.25) is 5.78 Å². The summed E-state index contributed by atoms with van der Waals surface area (Å²) in [4.78, 5) is 35.3. The van der Waals surface area contributed by atoms with Crippen molar-refractivity contribution in [3.8, 4) is 17.1 Å². The Hall–Kier alpha value is -3.69. The van der Waals surface area contributed by atoms with E-state index in [-0.39, 0.29) is 24.1 Å². The van der Waals surface area contributed by atoms with Crippen LogP contribution < -0.4 is 10.3 Å². The van der Waals surface area contributed by atoms with Gasteiger partial charge in [0, 0.05) is 25.3 Å². The van der Waals surface area contributed by atoms with E-state index < -0.39 is 0 Å². The standard InChI is InChI=1S/C25H24ClN5O4/c1-34-15-18-9-6-12-30(18)24(33)22-19(26)10-5-11-20(22)35-14-17-13-21(32)31-25(27-17)28-23(29-31)16-7-3-2-4-8-16/h2-5,7-8,10-11,13,18H,6,9,12,14-15H2,1H3,(H,27,28,29)/t18-/m0/s1. The average Bonchev–Trinajstić information content (AvgIpc) is 3.51. The fraction of sp³-hybridized carbons (Fsp3) is 0.280. The number of amides is 1. The first kappa shape index (κ1) is 23.1. The molecular weight excluding hydrogens is 470 g/mol. The Morgan fingerprint density at radius 1 is 1.20 bits per heavy atom. The number of carbonyl (C=O) groups is 1. The second-order valence-electron chi connectivity index (χ2n) is 8.32. The molecule has 180 valence electrons. The molecule has 1 N–H and O–H groups in total. The SMILES string of the molecule is COC[C@@H]1CCCN1C(=O)c1c(Cl)cccc1OCc1cc(=O)n2nc(-c3ccccc3)nc2[nH]1. The number of hydrogen-bond acceptors (Lipinski definition) is 6. The average molecular weight is 494 g/mol. The van der Waals surface area contributed by atoms with Gasteiger partial charge in [0.1, 0.15) is 17.9 Å². The number of likely N-dealkylation sites (tertiary alicyclic amines) is 1. The van der Waals surface area contributed by atoms with E-state index in [2.05, 4.69) is 15.1 Å². The molecule has 0 unspecified atom stereocenters. The molecule has 2 aromatic heterocycles. The lowest BCUT2D eigenvalue weighted by atomic mass is 10.1. The van der Waals surface area contributed by atoms with Crippen molar-refractivity contribution < 1.29 is 14.3 Å². The summed E-state index contributed by atoms with van der Waals surface area (Å²) in [5, 5.41) is 4.61. The smallest absolute Gasteiger partial charge is 0.276 e. The molecule has 0 bridgehead atoms. The zero-order valence-electron chi connectivity index (χ0n) is 19.1. The number of benzene rings is 2. The first-order chi connectivity index (χ1) is 17.0. The first-order valence-electron chi connectivity index (χ1n) is 11.3. The third-order valence-corrected chi connectivity index (χ3v) is 6.30. The minimum absolute atomic E-state index is 0.00198. The monoisotopic (exact) mass is 493 g/mol. The van der Waals surface area contributed by atoms with Crippen LogP contribution in [0, 0.1) is 0 Å². The summed E-state index contributed by atoms with van der Waals surface area (Å²) in [7, 11) is 1.63. The van der Waals surface area contributed by atoms with Crippen LogP contribution in [0.25, 0.3) is 17.2 Å². The number of hydrogen-bond donors (Lipinski definition) is 1. The lowest BCUT2D eigenvalue weighted by Gasteiger charge is -2.25. The van der Waals surface area contributed by atoms with Crippen molar-refractivity contribution >= 4 is 23.3 Å². The van der Waals surface area contributed by atoms with Crippen molar-refractivity contribution in [3.05, 3.63) is 81.2 Å². The van der Waals surface area contributed by atoms with Crippen molar-refractivity contribution in [3.63, 3.8) is 0 Å². The van der Waals surface area contributed by atoms with Gasteiger partial charge in [0.25, 0.3) is 11.5 Å². The van der Waals surface area contributed by atoms with Gasteiger partial charge in [-0.05, 0) is 25.0 Å². The Bertz CT molecular complexity index is 1420. The fourth-order valence-electron chi connectivity index (χ4n) is 4.32. The van der Waals surface area contributed by atoms with Gasteiger partial charge in [-0.3, -0.25) is 9.59 Å².